The number of unbranched alkanes of at least 4 members (excludes halogenated alkanes) is 1. The molecule has 2 aromatic heterocycles. The van der Waals surface area contributed by atoms with Crippen LogP contribution in [0.25, 0.3) is 22.6 Å². The summed E-state index contributed by atoms with van der Waals surface area (Å²) in [4.78, 5) is 20.5. The van der Waals surface area contributed by atoms with Crippen LogP contribution < -0.4 is 10.5 Å². The summed E-state index contributed by atoms with van der Waals surface area (Å²) in [5.41, 5.74) is 3.45. The number of halogens is 5. The normalized spacial score (nSPS) is 14.4. The number of hydrogen-bond acceptors (Lipinski definition) is 7. The molecule has 0 spiro atoms. The van der Waals surface area contributed by atoms with Crippen molar-refractivity contribution in [2.45, 2.75) is 57.8 Å². The van der Waals surface area contributed by atoms with Gasteiger partial charge in [0.05, 0.1) is 36.2 Å². The van der Waals surface area contributed by atoms with Gasteiger partial charge in [-0.2, -0.15) is 18.3 Å². The molecule has 1 amide bonds. The molecule has 3 N–H and O–H groups in total. The van der Waals surface area contributed by atoms with Crippen LogP contribution in [0.4, 0.5) is 22.0 Å². The zero-order valence-corrected chi connectivity index (χ0v) is 23.8. The Labute approximate surface area is 248 Å². The number of H-pyrrole nitrogens is 1. The molecular formula is C30H29F5N6O3. The molecule has 1 unspecified atom stereocenters. The SMILES string of the molecule is CCCCC(C(N)=O)(c1cc(-c2ccc(OCCC)cc2C(F)(F)F)no1)N1Cc2[nH]c(-c3cccc(F)c3F)nc2C=N1. The minimum absolute atomic E-state index is 0.0477. The van der Waals surface area contributed by atoms with E-state index in [0.29, 0.717) is 30.7 Å². The van der Waals surface area contributed by atoms with Gasteiger partial charge >= 0.3 is 6.18 Å². The van der Waals surface area contributed by atoms with Crippen molar-refractivity contribution in [1.82, 2.24) is 20.1 Å². The van der Waals surface area contributed by atoms with Gasteiger partial charge in [-0.25, -0.2) is 13.8 Å². The maximum Gasteiger partial charge on any atom is 0.417 e. The van der Waals surface area contributed by atoms with Crippen LogP contribution in [-0.2, 0) is 23.1 Å². The summed E-state index contributed by atoms with van der Waals surface area (Å²) in [7, 11) is 0. The molecule has 2 aromatic carbocycles. The molecule has 232 valence electrons. The van der Waals surface area contributed by atoms with E-state index in [1.165, 1.54) is 41.6 Å². The molecule has 44 heavy (non-hydrogen) atoms. The Bertz CT molecular complexity index is 1700. The number of carbonyl (C=O) groups is 1. The molecule has 0 radical (unpaired) electrons. The summed E-state index contributed by atoms with van der Waals surface area (Å²) >= 11 is 0. The van der Waals surface area contributed by atoms with Crippen molar-refractivity contribution in [2.75, 3.05) is 6.61 Å². The maximum absolute atomic E-state index is 14.5. The van der Waals surface area contributed by atoms with Crippen LogP contribution in [0.1, 0.15) is 62.2 Å². The standard InChI is InChI=1S/C30H29F5N6O3/c1-3-5-11-29(28(36)42,41-16-24-23(15-37-41)38-27(39-24)19-7-6-8-21(31)26(19)32)25-14-22(40-44-25)18-10-9-17(43-12-4-2)13-20(18)30(33,34)35/h6-10,13-15H,3-5,11-12,16H2,1-2H3,(H2,36,42)(H,38,39). The summed E-state index contributed by atoms with van der Waals surface area (Å²) < 4.78 is 81.6. The predicted octanol–water partition coefficient (Wildman–Crippen LogP) is 6.54. The van der Waals surface area contributed by atoms with Crippen molar-refractivity contribution >= 4 is 12.1 Å². The van der Waals surface area contributed by atoms with Gasteiger partial charge in [-0.1, -0.05) is 37.9 Å². The predicted molar refractivity (Wildman–Crippen MR) is 150 cm³/mol. The van der Waals surface area contributed by atoms with Gasteiger partial charge in [0, 0.05) is 11.6 Å². The highest BCUT2D eigenvalue weighted by Gasteiger charge is 2.49. The molecule has 0 aliphatic carbocycles. The van der Waals surface area contributed by atoms with E-state index in [9.17, 15) is 26.7 Å². The van der Waals surface area contributed by atoms with Crippen LogP contribution in [0.3, 0.4) is 0 Å². The first-order valence-electron chi connectivity index (χ1n) is 14.0. The van der Waals surface area contributed by atoms with Crippen LogP contribution in [0.5, 0.6) is 5.75 Å². The Morgan fingerprint density at radius 1 is 1.11 bits per heavy atom. The van der Waals surface area contributed by atoms with Gasteiger partial charge in [-0.15, -0.1) is 0 Å². The molecule has 5 rings (SSSR count). The molecule has 1 atom stereocenters. The van der Waals surface area contributed by atoms with E-state index in [-0.39, 0.29) is 53.7 Å². The molecule has 1 aliphatic rings. The quantitative estimate of drug-likeness (QED) is 0.185. The van der Waals surface area contributed by atoms with Crippen molar-refractivity contribution in [1.29, 1.82) is 0 Å². The van der Waals surface area contributed by atoms with Crippen LogP contribution in [0, 0.1) is 11.6 Å². The third kappa shape index (κ3) is 5.63. The first-order chi connectivity index (χ1) is 21.0. The minimum Gasteiger partial charge on any atom is -0.494 e. The number of alkyl halides is 3. The van der Waals surface area contributed by atoms with Crippen LogP contribution in [-0.4, -0.2) is 38.9 Å². The number of primary amides is 1. The number of ether oxygens (including phenoxy) is 1. The Hall–Kier alpha value is -4.75. The van der Waals surface area contributed by atoms with Crippen molar-refractivity contribution in [3.63, 3.8) is 0 Å². The number of benzene rings is 2. The summed E-state index contributed by atoms with van der Waals surface area (Å²) in [6.07, 6.45) is -1.59. The van der Waals surface area contributed by atoms with E-state index >= 15 is 0 Å². The first-order valence-corrected chi connectivity index (χ1v) is 14.0. The third-order valence-corrected chi connectivity index (χ3v) is 7.35. The van der Waals surface area contributed by atoms with Crippen molar-refractivity contribution in [3.8, 4) is 28.4 Å². The molecule has 0 saturated heterocycles. The molecule has 4 aromatic rings. The maximum atomic E-state index is 14.5. The molecule has 0 fully saturated rings. The van der Waals surface area contributed by atoms with Crippen molar-refractivity contribution < 1.29 is 36.0 Å². The highest BCUT2D eigenvalue weighted by atomic mass is 19.4. The summed E-state index contributed by atoms with van der Waals surface area (Å²) in [5.74, 6) is -3.01. The van der Waals surface area contributed by atoms with Gasteiger partial charge < -0.3 is 20.0 Å². The van der Waals surface area contributed by atoms with Gasteiger partial charge in [0.15, 0.2) is 22.9 Å². The van der Waals surface area contributed by atoms with Crippen LogP contribution in [0.15, 0.2) is 52.1 Å². The molecule has 1 aliphatic heterocycles. The lowest BCUT2D eigenvalue weighted by molar-refractivity contribution is -0.137. The highest BCUT2D eigenvalue weighted by molar-refractivity contribution is 5.87. The number of rotatable bonds is 11. The monoisotopic (exact) mass is 616 g/mol. The lowest BCUT2D eigenvalue weighted by Gasteiger charge is -2.38. The second-order valence-electron chi connectivity index (χ2n) is 10.3. The summed E-state index contributed by atoms with van der Waals surface area (Å²) in [6, 6.07) is 8.47. The molecule has 3 heterocycles. The fourth-order valence-corrected chi connectivity index (χ4v) is 5.08. The Morgan fingerprint density at radius 2 is 1.91 bits per heavy atom. The van der Waals surface area contributed by atoms with Gasteiger partial charge in [0.2, 0.25) is 0 Å². The topological polar surface area (TPSA) is 123 Å². The van der Waals surface area contributed by atoms with E-state index in [2.05, 4.69) is 20.2 Å². The Morgan fingerprint density at radius 3 is 2.61 bits per heavy atom. The molecule has 0 saturated carbocycles. The number of fused-ring (bicyclic) bond motifs is 1. The number of imidazole rings is 1. The van der Waals surface area contributed by atoms with Crippen molar-refractivity contribution in [3.05, 3.63) is 76.8 Å². The largest absolute Gasteiger partial charge is 0.494 e. The number of nitrogens with two attached hydrogens (primary N) is 1. The van der Waals surface area contributed by atoms with E-state index in [4.69, 9.17) is 15.0 Å². The number of nitrogens with one attached hydrogen (secondary N) is 1. The minimum atomic E-state index is -4.74. The second-order valence-corrected chi connectivity index (χ2v) is 10.3. The lowest BCUT2D eigenvalue weighted by Crippen LogP contribution is -2.53. The van der Waals surface area contributed by atoms with E-state index < -0.39 is 34.8 Å². The average Bonchev–Trinajstić information content (AvgIpc) is 3.65. The molecular weight excluding hydrogens is 587 g/mol. The number of hydrogen-bond donors (Lipinski definition) is 2. The smallest absolute Gasteiger partial charge is 0.417 e. The van der Waals surface area contributed by atoms with Gasteiger partial charge in [-0.05, 0) is 43.2 Å². The molecule has 0 bridgehead atoms. The van der Waals surface area contributed by atoms with Crippen LogP contribution in [0.2, 0.25) is 0 Å². The summed E-state index contributed by atoms with van der Waals surface area (Å²) in [6.45, 7) is 3.88. The highest BCUT2D eigenvalue weighted by Crippen LogP contribution is 2.42. The zero-order chi connectivity index (χ0) is 31.6. The number of nitrogens with zero attached hydrogens (tertiary/aromatic N) is 4. The Kier molecular flexibility index (Phi) is 8.44. The molecule has 9 nitrogen and oxygen atoms in total. The first kappa shape index (κ1) is 30.7. The number of amides is 1. The van der Waals surface area contributed by atoms with Gasteiger partial charge in [0.25, 0.3) is 5.91 Å². The summed E-state index contributed by atoms with van der Waals surface area (Å²) in [5, 5.41) is 9.64. The van der Waals surface area contributed by atoms with Gasteiger partial charge in [-0.3, -0.25) is 9.80 Å². The van der Waals surface area contributed by atoms with Crippen molar-refractivity contribution in [2.24, 2.45) is 10.8 Å². The third-order valence-electron chi connectivity index (χ3n) is 7.35. The lowest BCUT2D eigenvalue weighted by atomic mass is 9.87. The Balaban J connectivity index is 1.54. The van der Waals surface area contributed by atoms with E-state index in [0.717, 1.165) is 12.1 Å². The average molecular weight is 617 g/mol. The number of aromatic nitrogens is 3. The van der Waals surface area contributed by atoms with Crippen LogP contribution >= 0.6 is 0 Å². The van der Waals surface area contributed by atoms with E-state index in [1.807, 2.05) is 13.8 Å². The number of aromatic amines is 1. The fourth-order valence-electron chi connectivity index (χ4n) is 5.08. The number of carbonyl (C=O) groups excluding carboxylic acids is 1. The zero-order valence-electron chi connectivity index (χ0n) is 23.8. The van der Waals surface area contributed by atoms with Gasteiger partial charge in [0.1, 0.15) is 23.0 Å². The second kappa shape index (κ2) is 12.1. The number of hydrazone groups is 1. The van der Waals surface area contributed by atoms with E-state index in [1.54, 1.807) is 0 Å². The molecule has 14 heteroatoms. The fraction of sp³-hybridized carbons (Fsp3) is 0.333.